The Morgan fingerprint density at radius 2 is 1.67 bits per heavy atom. The van der Waals surface area contributed by atoms with Crippen LogP contribution in [0.3, 0.4) is 0 Å². The summed E-state index contributed by atoms with van der Waals surface area (Å²) in [6.07, 6.45) is 1.19. The largest absolute Gasteiger partial charge is 0.346 e. The average molecular weight is 438 g/mol. The molecule has 5 nitrogen and oxygen atoms in total. The Morgan fingerprint density at radius 1 is 0.970 bits per heavy atom. The third-order valence-corrected chi connectivity index (χ3v) is 6.12. The Kier molecular flexibility index (Phi) is 6.55. The van der Waals surface area contributed by atoms with Gasteiger partial charge in [0, 0.05) is 34.8 Å². The number of carbonyl (C=O) groups excluding carboxylic acids is 2. The van der Waals surface area contributed by atoms with Gasteiger partial charge < -0.3 is 9.88 Å². The van der Waals surface area contributed by atoms with Crippen LogP contribution in [0.4, 0.5) is 0 Å². The van der Waals surface area contributed by atoms with E-state index in [2.05, 4.69) is 65.3 Å². The molecule has 0 bridgehead atoms. The highest BCUT2D eigenvalue weighted by Gasteiger charge is 2.16. The average Bonchev–Trinajstić information content (AvgIpc) is 3.15. The molecule has 1 atom stereocenters. The zero-order chi connectivity index (χ0) is 23.4. The number of amides is 1. The molecule has 3 aromatic carbocycles. The molecule has 166 valence electrons. The van der Waals surface area contributed by atoms with Crippen LogP contribution >= 0.6 is 0 Å². The van der Waals surface area contributed by atoms with Crippen molar-refractivity contribution in [2.24, 2.45) is 0 Å². The van der Waals surface area contributed by atoms with Gasteiger partial charge in [0.1, 0.15) is 0 Å². The zero-order valence-electron chi connectivity index (χ0n) is 19.0. The van der Waals surface area contributed by atoms with Gasteiger partial charge in [-0.1, -0.05) is 36.4 Å². The summed E-state index contributed by atoms with van der Waals surface area (Å²) >= 11 is 0. The summed E-state index contributed by atoms with van der Waals surface area (Å²) in [5.74, 6) is -0.186. The third-order valence-electron chi connectivity index (χ3n) is 6.12. The van der Waals surface area contributed by atoms with Crippen molar-refractivity contribution < 1.29 is 9.59 Å². The van der Waals surface area contributed by atoms with E-state index in [1.54, 1.807) is 31.2 Å². The van der Waals surface area contributed by atoms with Crippen molar-refractivity contribution >= 4 is 33.5 Å². The van der Waals surface area contributed by atoms with Gasteiger partial charge in [0.15, 0.2) is 5.78 Å². The lowest BCUT2D eigenvalue weighted by Gasteiger charge is -2.13. The van der Waals surface area contributed by atoms with E-state index < -0.39 is 6.04 Å². The summed E-state index contributed by atoms with van der Waals surface area (Å²) in [6, 6.07) is 23.2. The molecule has 0 spiro atoms. The number of ketones is 1. The van der Waals surface area contributed by atoms with Crippen molar-refractivity contribution in [3.05, 3.63) is 83.4 Å². The lowest BCUT2D eigenvalue weighted by molar-refractivity contribution is -0.127. The van der Waals surface area contributed by atoms with Crippen LogP contribution in [0.2, 0.25) is 0 Å². The number of fused-ring (bicyclic) bond motifs is 3. The molecule has 1 unspecified atom stereocenters. The van der Waals surface area contributed by atoms with Gasteiger partial charge in [-0.3, -0.25) is 9.59 Å². The standard InChI is InChI=1S/C28H27N3O2/c1-3-31-25-7-5-4-6-23(25)24-16-20(12-14-26(24)31)13-15-27(32)19(2)30-28(33)17-21-8-10-22(18-29)11-9-21/h4-12,14,16,19H,3,13,15,17H2,1-2H3,(H,30,33). The van der Waals surface area contributed by atoms with Crippen LogP contribution in [0.5, 0.6) is 0 Å². The SMILES string of the molecule is CCn1c2ccccc2c2cc(CCC(=O)C(C)NC(=O)Cc3ccc(C#N)cc3)ccc21. The van der Waals surface area contributed by atoms with E-state index in [0.29, 0.717) is 18.4 Å². The summed E-state index contributed by atoms with van der Waals surface area (Å²) in [4.78, 5) is 25.0. The minimum absolute atomic E-state index is 0.0132. The number of aromatic nitrogens is 1. The van der Waals surface area contributed by atoms with Crippen LogP contribution in [0.1, 0.15) is 37.0 Å². The second-order valence-corrected chi connectivity index (χ2v) is 8.35. The number of nitrogens with one attached hydrogen (secondary N) is 1. The molecule has 1 N–H and O–H groups in total. The molecule has 0 fully saturated rings. The first-order valence-corrected chi connectivity index (χ1v) is 11.3. The molecular weight excluding hydrogens is 410 g/mol. The van der Waals surface area contributed by atoms with Gasteiger partial charge in [-0.2, -0.15) is 5.26 Å². The van der Waals surface area contributed by atoms with Crippen LogP contribution in [0, 0.1) is 11.3 Å². The lowest BCUT2D eigenvalue weighted by Crippen LogP contribution is -2.39. The number of carbonyl (C=O) groups is 2. The maximum Gasteiger partial charge on any atom is 0.224 e. The predicted octanol–water partition coefficient (Wildman–Crippen LogP) is 4.94. The van der Waals surface area contributed by atoms with E-state index in [4.69, 9.17) is 5.26 Å². The highest BCUT2D eigenvalue weighted by molar-refractivity contribution is 6.08. The predicted molar refractivity (Wildman–Crippen MR) is 131 cm³/mol. The first-order valence-electron chi connectivity index (χ1n) is 11.3. The molecule has 0 saturated heterocycles. The van der Waals surface area contributed by atoms with Gasteiger partial charge in [-0.05, 0) is 61.7 Å². The van der Waals surface area contributed by atoms with E-state index >= 15 is 0 Å². The summed E-state index contributed by atoms with van der Waals surface area (Å²) in [6.45, 7) is 4.79. The maximum absolute atomic E-state index is 12.7. The quantitative estimate of drug-likeness (QED) is 0.424. The summed E-state index contributed by atoms with van der Waals surface area (Å²) in [7, 11) is 0. The highest BCUT2D eigenvalue weighted by Crippen LogP contribution is 2.30. The lowest BCUT2D eigenvalue weighted by atomic mass is 10.0. The van der Waals surface area contributed by atoms with Crippen molar-refractivity contribution in [1.29, 1.82) is 5.26 Å². The first-order chi connectivity index (χ1) is 16.0. The molecule has 0 saturated carbocycles. The molecule has 0 aliphatic carbocycles. The Bertz CT molecular complexity index is 1360. The summed E-state index contributed by atoms with van der Waals surface area (Å²) in [5.41, 5.74) is 4.91. The van der Waals surface area contributed by atoms with Gasteiger partial charge in [-0.25, -0.2) is 0 Å². The van der Waals surface area contributed by atoms with Crippen LogP contribution < -0.4 is 5.32 Å². The van der Waals surface area contributed by atoms with E-state index in [9.17, 15) is 9.59 Å². The molecule has 5 heteroatoms. The van der Waals surface area contributed by atoms with Gasteiger partial charge in [-0.15, -0.1) is 0 Å². The fraction of sp³-hybridized carbons (Fsp3) is 0.250. The number of nitrogens with zero attached hydrogens (tertiary/aromatic N) is 2. The van der Waals surface area contributed by atoms with Crippen LogP contribution in [0.25, 0.3) is 21.8 Å². The Balaban J connectivity index is 1.38. The molecule has 1 aromatic heterocycles. The number of aryl methyl sites for hydroxylation is 2. The van der Waals surface area contributed by atoms with E-state index in [1.165, 1.54) is 21.8 Å². The third kappa shape index (κ3) is 4.80. The van der Waals surface area contributed by atoms with Crippen LogP contribution in [0.15, 0.2) is 66.7 Å². The summed E-state index contributed by atoms with van der Waals surface area (Å²) in [5, 5.41) is 14.1. The van der Waals surface area contributed by atoms with Crippen molar-refractivity contribution in [2.45, 2.75) is 45.7 Å². The molecule has 4 rings (SSSR count). The second kappa shape index (κ2) is 9.70. The monoisotopic (exact) mass is 437 g/mol. The normalized spacial score (nSPS) is 11.9. The second-order valence-electron chi connectivity index (χ2n) is 8.35. The maximum atomic E-state index is 12.7. The van der Waals surface area contributed by atoms with Crippen molar-refractivity contribution in [3.63, 3.8) is 0 Å². The number of benzene rings is 3. The van der Waals surface area contributed by atoms with E-state index in [1.807, 2.05) is 0 Å². The Hall–Kier alpha value is -3.91. The van der Waals surface area contributed by atoms with Gasteiger partial charge in [0.05, 0.1) is 24.1 Å². The van der Waals surface area contributed by atoms with Gasteiger partial charge >= 0.3 is 0 Å². The van der Waals surface area contributed by atoms with Crippen molar-refractivity contribution in [2.75, 3.05) is 0 Å². The highest BCUT2D eigenvalue weighted by atomic mass is 16.2. The zero-order valence-corrected chi connectivity index (χ0v) is 19.0. The fourth-order valence-corrected chi connectivity index (χ4v) is 4.34. The smallest absolute Gasteiger partial charge is 0.224 e. The number of rotatable bonds is 8. The molecule has 33 heavy (non-hydrogen) atoms. The molecule has 0 aliphatic heterocycles. The number of para-hydroxylation sites is 1. The number of nitriles is 1. The molecule has 0 radical (unpaired) electrons. The van der Waals surface area contributed by atoms with Crippen molar-refractivity contribution in [1.82, 2.24) is 9.88 Å². The summed E-state index contributed by atoms with van der Waals surface area (Å²) < 4.78 is 2.31. The molecule has 1 amide bonds. The number of Topliss-reactive ketones (excluding diaryl/α,β-unsaturated/α-hetero) is 1. The van der Waals surface area contributed by atoms with E-state index in [-0.39, 0.29) is 18.1 Å². The Morgan fingerprint density at radius 3 is 2.39 bits per heavy atom. The molecule has 0 aliphatic rings. The molecule has 1 heterocycles. The molecule has 4 aromatic rings. The first kappa shape index (κ1) is 22.3. The Labute approximate surface area is 193 Å². The molecular formula is C28H27N3O2. The topological polar surface area (TPSA) is 74.9 Å². The minimum atomic E-state index is -0.540. The number of hydrogen-bond donors (Lipinski definition) is 1. The van der Waals surface area contributed by atoms with E-state index in [0.717, 1.165) is 17.7 Å². The number of hydrogen-bond acceptors (Lipinski definition) is 3. The minimum Gasteiger partial charge on any atom is -0.346 e. The van der Waals surface area contributed by atoms with Crippen molar-refractivity contribution in [3.8, 4) is 6.07 Å². The van der Waals surface area contributed by atoms with Crippen LogP contribution in [-0.2, 0) is 29.0 Å². The fourth-order valence-electron chi connectivity index (χ4n) is 4.34. The van der Waals surface area contributed by atoms with Gasteiger partial charge in [0.25, 0.3) is 0 Å². The van der Waals surface area contributed by atoms with Crippen LogP contribution in [-0.4, -0.2) is 22.3 Å². The van der Waals surface area contributed by atoms with Gasteiger partial charge in [0.2, 0.25) is 5.91 Å².